The first-order chi connectivity index (χ1) is 13.3. The van der Waals surface area contributed by atoms with Crippen LogP contribution >= 0.6 is 0 Å². The largest absolute Gasteiger partial charge is 1.00 e. The highest BCUT2D eigenvalue weighted by Gasteiger charge is 2.34. The number of quaternary nitrogens is 1. The Balaban J connectivity index is 0.00000300. The molecule has 0 saturated heterocycles. The Kier molecular flexibility index (Phi) is 7.41. The lowest BCUT2D eigenvalue weighted by molar-refractivity contribution is -0.682. The molecular weight excluding hydrogens is 406 g/mol. The Hall–Kier alpha value is -2.41. The second kappa shape index (κ2) is 9.39. The van der Waals surface area contributed by atoms with E-state index in [0.29, 0.717) is 16.7 Å². The molecule has 1 unspecified atom stereocenters. The SMILES string of the molecule is OC(C[NH2+]Cc1cccc(C(F)(F)F)c1)(c1ccccc1)c1ccc(F)cc1.[Cl-]. The van der Waals surface area contributed by atoms with Crippen LogP contribution in [0.25, 0.3) is 0 Å². The summed E-state index contributed by atoms with van der Waals surface area (Å²) >= 11 is 0. The lowest BCUT2D eigenvalue weighted by Crippen LogP contribution is -3.00. The molecule has 3 N–H and O–H groups in total. The zero-order valence-electron chi connectivity index (χ0n) is 15.3. The molecule has 3 aromatic carbocycles. The van der Waals surface area contributed by atoms with Crippen LogP contribution in [0, 0.1) is 5.82 Å². The third-order valence-electron chi connectivity index (χ3n) is 4.65. The first kappa shape index (κ1) is 22.9. The van der Waals surface area contributed by atoms with E-state index < -0.39 is 23.2 Å². The third-order valence-corrected chi connectivity index (χ3v) is 4.65. The highest BCUT2D eigenvalue weighted by atomic mass is 35.5. The minimum atomic E-state index is -4.39. The number of aliphatic hydroxyl groups is 1. The molecule has 0 amide bonds. The van der Waals surface area contributed by atoms with Crippen LogP contribution in [-0.4, -0.2) is 11.7 Å². The van der Waals surface area contributed by atoms with E-state index in [9.17, 15) is 22.7 Å². The van der Waals surface area contributed by atoms with Crippen molar-refractivity contribution >= 4 is 0 Å². The van der Waals surface area contributed by atoms with Gasteiger partial charge in [-0.2, -0.15) is 13.2 Å². The van der Waals surface area contributed by atoms with Crippen molar-refractivity contribution in [1.82, 2.24) is 0 Å². The van der Waals surface area contributed by atoms with Gasteiger partial charge in [-0.25, -0.2) is 4.39 Å². The Labute approximate surface area is 172 Å². The summed E-state index contributed by atoms with van der Waals surface area (Å²) in [6, 6.07) is 19.6. The highest BCUT2D eigenvalue weighted by molar-refractivity contribution is 5.36. The van der Waals surface area contributed by atoms with Crippen LogP contribution in [0.5, 0.6) is 0 Å². The smallest absolute Gasteiger partial charge is 0.416 e. The molecule has 0 aliphatic rings. The number of halogens is 5. The molecule has 2 nitrogen and oxygen atoms in total. The minimum Gasteiger partial charge on any atom is -1.00 e. The Morgan fingerprint density at radius 3 is 1.97 bits per heavy atom. The molecule has 0 radical (unpaired) electrons. The van der Waals surface area contributed by atoms with E-state index in [4.69, 9.17) is 0 Å². The van der Waals surface area contributed by atoms with Crippen LogP contribution in [0.3, 0.4) is 0 Å². The number of hydrogen-bond acceptors (Lipinski definition) is 1. The molecule has 3 aromatic rings. The summed E-state index contributed by atoms with van der Waals surface area (Å²) < 4.78 is 51.9. The lowest BCUT2D eigenvalue weighted by atomic mass is 9.86. The fourth-order valence-corrected chi connectivity index (χ4v) is 3.16. The topological polar surface area (TPSA) is 36.8 Å². The zero-order valence-corrected chi connectivity index (χ0v) is 16.1. The maximum atomic E-state index is 13.3. The molecule has 0 saturated carbocycles. The summed E-state index contributed by atoms with van der Waals surface area (Å²) in [5.74, 6) is -0.410. The van der Waals surface area contributed by atoms with Gasteiger partial charge in [0.15, 0.2) is 5.60 Å². The van der Waals surface area contributed by atoms with Gasteiger partial charge in [-0.05, 0) is 35.4 Å². The van der Waals surface area contributed by atoms with Gasteiger partial charge in [-0.1, -0.05) is 54.6 Å². The van der Waals surface area contributed by atoms with Crippen LogP contribution < -0.4 is 17.7 Å². The van der Waals surface area contributed by atoms with Crippen LogP contribution in [0.1, 0.15) is 22.3 Å². The van der Waals surface area contributed by atoms with E-state index in [1.54, 1.807) is 35.6 Å². The predicted octanol–water partition coefficient (Wildman–Crippen LogP) is 0.848. The normalized spacial score (nSPS) is 13.4. The molecule has 0 heterocycles. The molecule has 7 heteroatoms. The first-order valence-electron chi connectivity index (χ1n) is 8.81. The number of nitrogens with two attached hydrogens (primary N) is 1. The number of hydrogen-bond donors (Lipinski definition) is 2. The van der Waals surface area contributed by atoms with Crippen molar-refractivity contribution in [3.63, 3.8) is 0 Å². The fourth-order valence-electron chi connectivity index (χ4n) is 3.16. The van der Waals surface area contributed by atoms with E-state index in [2.05, 4.69) is 0 Å². The molecule has 1 atom stereocenters. The second-order valence-electron chi connectivity index (χ2n) is 6.63. The van der Waals surface area contributed by atoms with Crippen molar-refractivity contribution in [2.45, 2.75) is 18.3 Å². The monoisotopic (exact) mass is 425 g/mol. The molecule has 0 fully saturated rings. The van der Waals surface area contributed by atoms with Crippen molar-refractivity contribution in [3.05, 3.63) is 107 Å². The summed E-state index contributed by atoms with van der Waals surface area (Å²) in [7, 11) is 0. The van der Waals surface area contributed by atoms with Gasteiger partial charge in [0, 0.05) is 5.56 Å². The average Bonchev–Trinajstić information content (AvgIpc) is 2.68. The van der Waals surface area contributed by atoms with Gasteiger partial charge in [-0.15, -0.1) is 0 Å². The molecule has 0 aliphatic carbocycles. The van der Waals surface area contributed by atoms with Crippen molar-refractivity contribution in [1.29, 1.82) is 0 Å². The van der Waals surface area contributed by atoms with E-state index in [0.717, 1.165) is 12.1 Å². The van der Waals surface area contributed by atoms with Gasteiger partial charge >= 0.3 is 6.18 Å². The highest BCUT2D eigenvalue weighted by Crippen LogP contribution is 2.30. The minimum absolute atomic E-state index is 0. The molecule has 29 heavy (non-hydrogen) atoms. The lowest BCUT2D eigenvalue weighted by Gasteiger charge is -2.27. The molecule has 0 bridgehead atoms. The van der Waals surface area contributed by atoms with Crippen molar-refractivity contribution in [2.24, 2.45) is 0 Å². The molecule has 0 aromatic heterocycles. The standard InChI is InChI=1S/C22H19F4NO.ClH/c23-20-11-9-18(10-12-20)21(28,17-6-2-1-3-7-17)15-27-14-16-5-4-8-19(13-16)22(24,25)26;/h1-13,27-28H,14-15H2;1H. The summed E-state index contributed by atoms with van der Waals surface area (Å²) in [4.78, 5) is 0. The summed E-state index contributed by atoms with van der Waals surface area (Å²) in [5.41, 5.74) is -0.460. The van der Waals surface area contributed by atoms with Crippen LogP contribution in [0.2, 0.25) is 0 Å². The quantitative estimate of drug-likeness (QED) is 0.564. The molecule has 0 aliphatic heterocycles. The number of rotatable bonds is 6. The Morgan fingerprint density at radius 2 is 1.34 bits per heavy atom. The van der Waals surface area contributed by atoms with Crippen LogP contribution in [0.4, 0.5) is 17.6 Å². The van der Waals surface area contributed by atoms with Gasteiger partial charge in [0.1, 0.15) is 18.9 Å². The van der Waals surface area contributed by atoms with Crippen LogP contribution in [-0.2, 0) is 18.3 Å². The number of benzene rings is 3. The van der Waals surface area contributed by atoms with Crippen molar-refractivity contribution < 1.29 is 40.4 Å². The van der Waals surface area contributed by atoms with E-state index >= 15 is 0 Å². The summed E-state index contributed by atoms with van der Waals surface area (Å²) in [5, 5.41) is 13.1. The van der Waals surface area contributed by atoms with Crippen molar-refractivity contribution in [2.75, 3.05) is 6.54 Å². The van der Waals surface area contributed by atoms with E-state index in [1.807, 2.05) is 6.07 Å². The van der Waals surface area contributed by atoms with Gasteiger partial charge in [0.05, 0.1) is 5.56 Å². The molecule has 154 valence electrons. The zero-order chi connectivity index (χ0) is 20.2. The maximum Gasteiger partial charge on any atom is 0.416 e. The predicted molar refractivity (Wildman–Crippen MR) is 97.8 cm³/mol. The Morgan fingerprint density at radius 1 is 0.759 bits per heavy atom. The van der Waals surface area contributed by atoms with E-state index in [1.165, 1.54) is 30.3 Å². The molecule has 0 spiro atoms. The number of alkyl halides is 3. The second-order valence-corrected chi connectivity index (χ2v) is 6.63. The van der Waals surface area contributed by atoms with E-state index in [-0.39, 0.29) is 25.5 Å². The Bertz CT molecular complexity index is 916. The molecular formula is C22H20ClF4NO. The van der Waals surface area contributed by atoms with Gasteiger partial charge in [0.25, 0.3) is 0 Å². The maximum absolute atomic E-state index is 13.3. The first-order valence-corrected chi connectivity index (χ1v) is 8.81. The third kappa shape index (κ3) is 5.56. The van der Waals surface area contributed by atoms with Gasteiger partial charge < -0.3 is 22.8 Å². The van der Waals surface area contributed by atoms with Crippen LogP contribution in [0.15, 0.2) is 78.9 Å². The summed E-state index contributed by atoms with van der Waals surface area (Å²) in [6.45, 7) is 0.430. The average molecular weight is 426 g/mol. The van der Waals surface area contributed by atoms with Gasteiger partial charge in [0.2, 0.25) is 0 Å². The molecule has 3 rings (SSSR count). The van der Waals surface area contributed by atoms with Crippen molar-refractivity contribution in [3.8, 4) is 0 Å². The summed E-state index contributed by atoms with van der Waals surface area (Å²) in [6.07, 6.45) is -4.39. The van der Waals surface area contributed by atoms with Gasteiger partial charge in [-0.3, -0.25) is 0 Å². The fraction of sp³-hybridized carbons (Fsp3) is 0.182.